The van der Waals surface area contributed by atoms with E-state index < -0.39 is 11.9 Å². The third kappa shape index (κ3) is 5.44. The van der Waals surface area contributed by atoms with Crippen LogP contribution in [-0.2, 0) is 6.11 Å². The fourth-order valence-corrected chi connectivity index (χ4v) is 4.09. The smallest absolute Gasteiger partial charge is 0.426 e. The van der Waals surface area contributed by atoms with Gasteiger partial charge in [-0.3, -0.25) is 0 Å². The monoisotopic (exact) mass is 413 g/mol. The molecular formula is C25H26F3NO. The van der Waals surface area contributed by atoms with E-state index in [9.17, 15) is 13.2 Å². The van der Waals surface area contributed by atoms with Crippen LogP contribution >= 0.6 is 0 Å². The van der Waals surface area contributed by atoms with Crippen molar-refractivity contribution in [2.75, 3.05) is 0 Å². The molecule has 0 unspecified atom stereocenters. The number of alkyl halides is 2. The second kappa shape index (κ2) is 9.84. The highest BCUT2D eigenvalue weighted by Gasteiger charge is 2.35. The number of halogens is 3. The molecule has 0 amide bonds. The molecule has 0 atom stereocenters. The average Bonchev–Trinajstić information content (AvgIpc) is 2.74. The lowest BCUT2D eigenvalue weighted by Gasteiger charge is -2.29. The molecule has 1 saturated carbocycles. The van der Waals surface area contributed by atoms with Gasteiger partial charge in [0.1, 0.15) is 17.6 Å². The van der Waals surface area contributed by atoms with Crippen molar-refractivity contribution in [2.45, 2.75) is 57.5 Å². The normalized spacial score (nSPS) is 19.6. The van der Waals surface area contributed by atoms with Gasteiger partial charge in [0.2, 0.25) is 0 Å². The molecule has 2 nitrogen and oxygen atoms in total. The van der Waals surface area contributed by atoms with Crippen LogP contribution in [0.15, 0.2) is 54.6 Å². The lowest BCUT2D eigenvalue weighted by Crippen LogP contribution is -2.22. The Morgan fingerprint density at radius 2 is 1.80 bits per heavy atom. The molecule has 1 aliphatic rings. The van der Waals surface area contributed by atoms with E-state index in [1.54, 1.807) is 18.2 Å². The van der Waals surface area contributed by atoms with Crippen LogP contribution in [0.3, 0.4) is 0 Å². The minimum Gasteiger partial charge on any atom is -0.429 e. The highest BCUT2D eigenvalue weighted by atomic mass is 19.3. The molecule has 5 heteroatoms. The number of ether oxygens (including phenoxy) is 1. The maximum Gasteiger partial charge on any atom is 0.426 e. The Balaban J connectivity index is 1.61. The van der Waals surface area contributed by atoms with Crippen LogP contribution in [0, 0.1) is 23.1 Å². The third-order valence-electron chi connectivity index (χ3n) is 5.85. The summed E-state index contributed by atoms with van der Waals surface area (Å²) in [5, 5.41) is 8.73. The number of benzene rings is 2. The van der Waals surface area contributed by atoms with Crippen molar-refractivity contribution < 1.29 is 17.9 Å². The van der Waals surface area contributed by atoms with E-state index in [0.29, 0.717) is 5.92 Å². The molecular weight excluding hydrogens is 387 g/mol. The highest BCUT2D eigenvalue weighted by molar-refractivity contribution is 5.37. The molecule has 0 radical (unpaired) electrons. The number of hydrogen-bond donors (Lipinski definition) is 0. The first-order valence-corrected chi connectivity index (χ1v) is 10.4. The first kappa shape index (κ1) is 22.0. The van der Waals surface area contributed by atoms with Crippen LogP contribution in [0.1, 0.15) is 68.1 Å². The Morgan fingerprint density at radius 3 is 2.40 bits per heavy atom. The van der Waals surface area contributed by atoms with E-state index in [0.717, 1.165) is 42.9 Å². The Bertz CT molecular complexity index is 907. The summed E-state index contributed by atoms with van der Waals surface area (Å²) in [5.74, 6) is -0.0549. The van der Waals surface area contributed by atoms with E-state index in [4.69, 9.17) is 10.00 Å². The molecule has 1 fully saturated rings. The van der Waals surface area contributed by atoms with Gasteiger partial charge in [-0.05, 0) is 87.1 Å². The van der Waals surface area contributed by atoms with E-state index in [1.165, 1.54) is 37.5 Å². The third-order valence-corrected chi connectivity index (χ3v) is 5.85. The van der Waals surface area contributed by atoms with Crippen LogP contribution in [0.4, 0.5) is 13.2 Å². The zero-order chi connectivity index (χ0) is 21.6. The number of nitriles is 1. The number of allylic oxidation sites excluding steroid dienone is 2. The van der Waals surface area contributed by atoms with Gasteiger partial charge in [0.05, 0.1) is 11.1 Å². The molecule has 0 saturated heterocycles. The number of hydrogen-bond acceptors (Lipinski definition) is 2. The minimum absolute atomic E-state index is 0.216. The Hall–Kier alpha value is -2.74. The summed E-state index contributed by atoms with van der Waals surface area (Å²) in [7, 11) is 0. The summed E-state index contributed by atoms with van der Waals surface area (Å²) in [6, 6.07) is 11.0. The van der Waals surface area contributed by atoms with Crippen LogP contribution in [0.5, 0.6) is 5.75 Å². The maximum atomic E-state index is 14.5. The summed E-state index contributed by atoms with van der Waals surface area (Å²) in [5.41, 5.74) is 0.577. The fourth-order valence-electron chi connectivity index (χ4n) is 4.09. The van der Waals surface area contributed by atoms with Crippen molar-refractivity contribution in [3.8, 4) is 11.8 Å². The van der Waals surface area contributed by atoms with Crippen molar-refractivity contribution in [1.29, 1.82) is 5.26 Å². The summed E-state index contributed by atoms with van der Waals surface area (Å²) in [6.45, 7) is 2.04. The molecule has 0 aromatic heterocycles. The molecule has 0 bridgehead atoms. The van der Waals surface area contributed by atoms with Crippen molar-refractivity contribution in [1.82, 2.24) is 0 Å². The molecule has 1 aliphatic carbocycles. The fraction of sp³-hybridized carbons (Fsp3) is 0.400. The predicted molar refractivity (Wildman–Crippen MR) is 111 cm³/mol. The van der Waals surface area contributed by atoms with Crippen LogP contribution in [0.2, 0.25) is 0 Å². The standard InChI is InChI=1S/C25H26F3NO/c1-2-3-4-5-18-6-8-19(9-7-18)20-10-13-22(14-11-20)25(27,28)30-23-15-12-21(17-29)24(26)16-23/h2-3,10-16,18-19H,4-9H2,1H3. The van der Waals surface area contributed by atoms with Gasteiger partial charge >= 0.3 is 6.11 Å². The SMILES string of the molecule is CC=CCCC1CCC(c2ccc(C(F)(F)Oc3ccc(C#N)c(F)c3)cc2)CC1. The van der Waals surface area contributed by atoms with Crippen LogP contribution < -0.4 is 4.74 Å². The average molecular weight is 413 g/mol. The van der Waals surface area contributed by atoms with Crippen LogP contribution in [-0.4, -0.2) is 0 Å². The summed E-state index contributed by atoms with van der Waals surface area (Å²) in [6.07, 6.45) is 7.55. The van der Waals surface area contributed by atoms with Gasteiger partial charge in [-0.15, -0.1) is 0 Å². The highest BCUT2D eigenvalue weighted by Crippen LogP contribution is 2.39. The van der Waals surface area contributed by atoms with Crippen LogP contribution in [0.25, 0.3) is 0 Å². The zero-order valence-electron chi connectivity index (χ0n) is 17.1. The molecule has 2 aromatic rings. The lowest BCUT2D eigenvalue weighted by molar-refractivity contribution is -0.185. The van der Waals surface area contributed by atoms with Gasteiger partial charge in [-0.1, -0.05) is 24.3 Å². The summed E-state index contributed by atoms with van der Waals surface area (Å²) in [4.78, 5) is 0. The number of rotatable bonds is 7. The molecule has 0 N–H and O–H groups in total. The Morgan fingerprint density at radius 1 is 1.10 bits per heavy atom. The van der Waals surface area contributed by atoms with E-state index in [-0.39, 0.29) is 16.9 Å². The molecule has 0 aliphatic heterocycles. The van der Waals surface area contributed by atoms with E-state index >= 15 is 0 Å². The Kier molecular flexibility index (Phi) is 7.20. The molecule has 0 spiro atoms. The molecule has 30 heavy (non-hydrogen) atoms. The first-order chi connectivity index (χ1) is 14.4. The second-order valence-corrected chi connectivity index (χ2v) is 7.86. The maximum absolute atomic E-state index is 14.5. The predicted octanol–water partition coefficient (Wildman–Crippen LogP) is 7.46. The van der Waals surface area contributed by atoms with Gasteiger partial charge in [0.25, 0.3) is 0 Å². The largest absolute Gasteiger partial charge is 0.429 e. The van der Waals surface area contributed by atoms with Gasteiger partial charge < -0.3 is 4.74 Å². The minimum atomic E-state index is -3.59. The Labute approximate surface area is 176 Å². The molecule has 3 rings (SSSR count). The lowest BCUT2D eigenvalue weighted by atomic mass is 9.77. The molecule has 0 heterocycles. The van der Waals surface area contributed by atoms with Crippen molar-refractivity contribution in [2.24, 2.45) is 5.92 Å². The van der Waals surface area contributed by atoms with Gasteiger partial charge in [-0.2, -0.15) is 14.0 Å². The van der Waals surface area contributed by atoms with Gasteiger partial charge in [-0.25, -0.2) is 4.39 Å². The topological polar surface area (TPSA) is 33.0 Å². The van der Waals surface area contributed by atoms with Gasteiger partial charge in [0.15, 0.2) is 0 Å². The summed E-state index contributed by atoms with van der Waals surface area (Å²) >= 11 is 0. The quantitative estimate of drug-likeness (QED) is 0.442. The summed E-state index contributed by atoms with van der Waals surface area (Å²) < 4.78 is 47.4. The zero-order valence-corrected chi connectivity index (χ0v) is 17.1. The second-order valence-electron chi connectivity index (χ2n) is 7.86. The van der Waals surface area contributed by atoms with Gasteiger partial charge in [0, 0.05) is 6.07 Å². The van der Waals surface area contributed by atoms with E-state index in [1.807, 2.05) is 6.92 Å². The number of nitrogens with zero attached hydrogens (tertiary/aromatic N) is 1. The van der Waals surface area contributed by atoms with E-state index in [2.05, 4.69) is 12.2 Å². The van der Waals surface area contributed by atoms with Crippen molar-refractivity contribution >= 4 is 0 Å². The first-order valence-electron chi connectivity index (χ1n) is 10.4. The van der Waals surface area contributed by atoms with Crippen molar-refractivity contribution in [3.05, 3.63) is 77.1 Å². The molecule has 2 aromatic carbocycles. The van der Waals surface area contributed by atoms with Crippen molar-refractivity contribution in [3.63, 3.8) is 0 Å². The molecule has 158 valence electrons.